The zero-order valence-electron chi connectivity index (χ0n) is 14.7. The summed E-state index contributed by atoms with van der Waals surface area (Å²) in [4.78, 5) is 23.8. The summed E-state index contributed by atoms with van der Waals surface area (Å²) in [6.45, 7) is 8.14. The van der Waals surface area contributed by atoms with Gasteiger partial charge in [-0.2, -0.15) is 0 Å². The highest BCUT2D eigenvalue weighted by molar-refractivity contribution is 6.06. The molecule has 24 heavy (non-hydrogen) atoms. The molecule has 1 aliphatic heterocycles. The van der Waals surface area contributed by atoms with E-state index in [1.165, 1.54) is 5.56 Å². The van der Waals surface area contributed by atoms with Crippen LogP contribution in [0.5, 0.6) is 0 Å². The van der Waals surface area contributed by atoms with Crippen molar-refractivity contribution in [1.82, 2.24) is 9.97 Å². The van der Waals surface area contributed by atoms with Crippen LogP contribution in [0, 0.1) is 6.92 Å². The summed E-state index contributed by atoms with van der Waals surface area (Å²) in [5.74, 6) is 0.456. The Balaban J connectivity index is 1.93. The molecule has 1 N–H and O–H groups in total. The minimum absolute atomic E-state index is 0.0647. The van der Waals surface area contributed by atoms with E-state index >= 15 is 0 Å². The molecular weight excluding hydrogens is 300 g/mol. The number of anilines is 2. The Morgan fingerprint density at radius 3 is 2.88 bits per heavy atom. The van der Waals surface area contributed by atoms with Gasteiger partial charge >= 0.3 is 0 Å². The number of benzene rings is 1. The lowest BCUT2D eigenvalue weighted by Gasteiger charge is -2.23. The molecule has 0 bridgehead atoms. The Hall–Kier alpha value is -2.43. The number of para-hydroxylation sites is 1. The van der Waals surface area contributed by atoms with Gasteiger partial charge < -0.3 is 10.2 Å². The Labute approximate surface area is 143 Å². The Kier molecular flexibility index (Phi) is 4.51. The summed E-state index contributed by atoms with van der Waals surface area (Å²) in [5.41, 5.74) is 3.43. The summed E-state index contributed by atoms with van der Waals surface area (Å²) in [6.07, 6.45) is 1.85. The monoisotopic (exact) mass is 324 g/mol. The lowest BCUT2D eigenvalue weighted by molar-refractivity contribution is 0.0976. The molecule has 3 rings (SSSR count). The van der Waals surface area contributed by atoms with Gasteiger partial charge in [0.05, 0.1) is 0 Å². The maximum absolute atomic E-state index is 13.1. The number of nitrogens with zero attached hydrogens (tertiary/aromatic N) is 3. The topological polar surface area (TPSA) is 58.1 Å². The second-order valence-electron chi connectivity index (χ2n) is 6.53. The van der Waals surface area contributed by atoms with Crippen molar-refractivity contribution in [3.05, 3.63) is 47.3 Å². The second-order valence-corrected chi connectivity index (χ2v) is 6.53. The quantitative estimate of drug-likeness (QED) is 0.934. The highest BCUT2D eigenvalue weighted by Gasteiger charge is 2.32. The molecule has 2 atom stereocenters. The van der Waals surface area contributed by atoms with E-state index in [1.54, 1.807) is 6.07 Å². The van der Waals surface area contributed by atoms with Gasteiger partial charge in [-0.1, -0.05) is 25.1 Å². The number of fused-ring (bicyclic) bond motifs is 1. The number of hydrogen-bond acceptors (Lipinski definition) is 4. The fraction of sp³-hybridized carbons (Fsp3) is 0.421. The fourth-order valence-electron chi connectivity index (χ4n) is 3.06. The number of aryl methyl sites for hydroxylation is 1. The molecule has 126 valence electrons. The molecule has 0 aliphatic carbocycles. The van der Waals surface area contributed by atoms with Gasteiger partial charge in [-0.25, -0.2) is 9.97 Å². The van der Waals surface area contributed by atoms with Crippen LogP contribution in [0.25, 0.3) is 0 Å². The van der Waals surface area contributed by atoms with E-state index in [-0.39, 0.29) is 18.0 Å². The molecule has 0 saturated heterocycles. The van der Waals surface area contributed by atoms with Crippen LogP contribution < -0.4 is 10.2 Å². The zero-order valence-corrected chi connectivity index (χ0v) is 14.7. The van der Waals surface area contributed by atoms with Gasteiger partial charge in [0.25, 0.3) is 5.91 Å². The first-order valence-corrected chi connectivity index (χ1v) is 8.53. The van der Waals surface area contributed by atoms with Crippen molar-refractivity contribution in [3.8, 4) is 0 Å². The number of carbonyl (C=O) groups excluding carboxylic acids is 1. The summed E-state index contributed by atoms with van der Waals surface area (Å²) < 4.78 is 0. The minimum atomic E-state index is -0.0647. The highest BCUT2D eigenvalue weighted by Crippen LogP contribution is 2.32. The summed E-state index contributed by atoms with van der Waals surface area (Å²) in [6, 6.07) is 10.2. The van der Waals surface area contributed by atoms with E-state index in [0.717, 1.165) is 24.2 Å². The Morgan fingerprint density at radius 2 is 2.12 bits per heavy atom. The molecule has 1 aliphatic rings. The molecule has 5 heteroatoms. The molecule has 0 fully saturated rings. The third kappa shape index (κ3) is 3.11. The first kappa shape index (κ1) is 16.4. The van der Waals surface area contributed by atoms with Crippen LogP contribution in [-0.4, -0.2) is 28.0 Å². The number of nitrogens with one attached hydrogen (secondary N) is 1. The van der Waals surface area contributed by atoms with E-state index in [9.17, 15) is 4.79 Å². The lowest BCUT2D eigenvalue weighted by Crippen LogP contribution is -2.36. The van der Waals surface area contributed by atoms with Crippen molar-refractivity contribution in [3.63, 3.8) is 0 Å². The van der Waals surface area contributed by atoms with Crippen LogP contribution >= 0.6 is 0 Å². The van der Waals surface area contributed by atoms with E-state index in [1.807, 2.05) is 30.0 Å². The highest BCUT2D eigenvalue weighted by atomic mass is 16.2. The van der Waals surface area contributed by atoms with Gasteiger partial charge in [0, 0.05) is 23.5 Å². The van der Waals surface area contributed by atoms with Crippen LogP contribution in [0.15, 0.2) is 30.3 Å². The average molecular weight is 324 g/mol. The lowest BCUT2D eigenvalue weighted by atomic mass is 10.1. The molecule has 0 saturated carbocycles. The van der Waals surface area contributed by atoms with Crippen LogP contribution in [0.3, 0.4) is 0 Å². The average Bonchev–Trinajstić information content (AvgIpc) is 2.89. The largest absolute Gasteiger partial charge is 0.352 e. The van der Waals surface area contributed by atoms with Crippen molar-refractivity contribution in [2.24, 2.45) is 0 Å². The molecule has 2 heterocycles. The smallest absolute Gasteiger partial charge is 0.277 e. The van der Waals surface area contributed by atoms with Crippen molar-refractivity contribution in [1.29, 1.82) is 0 Å². The van der Waals surface area contributed by atoms with Gasteiger partial charge in [-0.3, -0.25) is 4.79 Å². The van der Waals surface area contributed by atoms with E-state index in [2.05, 4.69) is 42.1 Å². The SMILES string of the molecule is CCC(C)Nc1nc(C)cc(C(=O)N2c3ccccc3CC2C)n1. The molecule has 1 amide bonds. The fourth-order valence-corrected chi connectivity index (χ4v) is 3.06. The molecule has 2 unspecified atom stereocenters. The summed E-state index contributed by atoms with van der Waals surface area (Å²) >= 11 is 0. The van der Waals surface area contributed by atoms with Gasteiger partial charge in [0.1, 0.15) is 5.69 Å². The van der Waals surface area contributed by atoms with E-state index < -0.39 is 0 Å². The number of hydrogen-bond donors (Lipinski definition) is 1. The van der Waals surface area contributed by atoms with Gasteiger partial charge in [0.2, 0.25) is 5.95 Å². The molecule has 1 aromatic heterocycles. The summed E-state index contributed by atoms with van der Waals surface area (Å²) in [5, 5.41) is 3.26. The third-order valence-electron chi connectivity index (χ3n) is 4.49. The second kappa shape index (κ2) is 6.59. The molecule has 2 aromatic rings. The molecule has 5 nitrogen and oxygen atoms in total. The third-order valence-corrected chi connectivity index (χ3v) is 4.49. The van der Waals surface area contributed by atoms with Crippen molar-refractivity contribution >= 4 is 17.5 Å². The predicted molar refractivity (Wildman–Crippen MR) is 96.6 cm³/mol. The van der Waals surface area contributed by atoms with Gasteiger partial charge in [-0.05, 0) is 51.3 Å². The van der Waals surface area contributed by atoms with Crippen LogP contribution in [0.2, 0.25) is 0 Å². The molecular formula is C19H24N4O. The van der Waals surface area contributed by atoms with Crippen molar-refractivity contribution in [2.75, 3.05) is 10.2 Å². The van der Waals surface area contributed by atoms with E-state index in [4.69, 9.17) is 0 Å². The van der Waals surface area contributed by atoms with Crippen molar-refractivity contribution < 1.29 is 4.79 Å². The number of amides is 1. The number of aromatic nitrogens is 2. The standard InChI is InChI=1S/C19H24N4O/c1-5-12(2)20-19-21-13(3)10-16(22-19)18(24)23-14(4)11-15-8-6-7-9-17(15)23/h6-10,12,14H,5,11H2,1-4H3,(H,20,21,22). The Morgan fingerprint density at radius 1 is 1.38 bits per heavy atom. The van der Waals surface area contributed by atoms with Crippen LogP contribution in [0.1, 0.15) is 48.9 Å². The number of rotatable bonds is 4. The normalized spacial score (nSPS) is 17.5. The molecule has 0 radical (unpaired) electrons. The minimum Gasteiger partial charge on any atom is -0.352 e. The predicted octanol–water partition coefficient (Wildman–Crippen LogP) is 3.59. The summed E-state index contributed by atoms with van der Waals surface area (Å²) in [7, 11) is 0. The van der Waals surface area contributed by atoms with Crippen LogP contribution in [0.4, 0.5) is 11.6 Å². The van der Waals surface area contributed by atoms with Crippen LogP contribution in [-0.2, 0) is 6.42 Å². The van der Waals surface area contributed by atoms with Gasteiger partial charge in [0.15, 0.2) is 0 Å². The zero-order chi connectivity index (χ0) is 17.3. The van der Waals surface area contributed by atoms with E-state index in [0.29, 0.717) is 11.6 Å². The number of carbonyl (C=O) groups is 1. The maximum Gasteiger partial charge on any atom is 0.277 e. The maximum atomic E-state index is 13.1. The molecule has 0 spiro atoms. The van der Waals surface area contributed by atoms with Crippen molar-refractivity contribution in [2.45, 2.75) is 52.6 Å². The Bertz CT molecular complexity index is 759. The first-order valence-electron chi connectivity index (χ1n) is 8.53. The first-order chi connectivity index (χ1) is 11.5. The molecule has 1 aromatic carbocycles. The van der Waals surface area contributed by atoms with Gasteiger partial charge in [-0.15, -0.1) is 0 Å².